The van der Waals surface area contributed by atoms with Crippen LogP contribution in [0.15, 0.2) is 47.4 Å². The molecule has 2 unspecified atom stereocenters. The summed E-state index contributed by atoms with van der Waals surface area (Å²) in [5.74, 6) is 0. The molecular weight excluding hydrogens is 323 g/mol. The van der Waals surface area contributed by atoms with E-state index in [-0.39, 0.29) is 40.6 Å². The molecule has 4 nitrogen and oxygen atoms in total. The Morgan fingerprint density at radius 1 is 0.957 bits per heavy atom. The standard InChI is InChI=1S/C17H22O4S.Na.H/c1-4-15(20-3)16(5-2)21-22(18,19)17-12-11-13-9-7-6-8-10-14(13)17;;/h6-12,15-16H,4-5H2,1-3H3;;. The predicted octanol–water partition coefficient (Wildman–Crippen LogP) is 3.05. The topological polar surface area (TPSA) is 52.6 Å². The molecule has 0 saturated carbocycles. The SMILES string of the molecule is CCC(OC)C(CC)OS(=O)(=O)c1ccc2cccccc1-2.[NaH]. The Balaban J connectivity index is 0.00000264. The maximum absolute atomic E-state index is 12.6. The van der Waals surface area contributed by atoms with Crippen molar-refractivity contribution in [3.05, 3.63) is 42.5 Å². The van der Waals surface area contributed by atoms with Crippen LogP contribution < -0.4 is 0 Å². The van der Waals surface area contributed by atoms with E-state index in [9.17, 15) is 8.42 Å². The fourth-order valence-corrected chi connectivity index (χ4v) is 3.97. The van der Waals surface area contributed by atoms with E-state index in [1.807, 2.05) is 38.1 Å². The quantitative estimate of drug-likeness (QED) is 0.571. The number of hydrogen-bond acceptors (Lipinski definition) is 4. The first-order valence-electron chi connectivity index (χ1n) is 7.47. The fraction of sp³-hybridized carbons (Fsp3) is 0.412. The van der Waals surface area contributed by atoms with Crippen molar-refractivity contribution in [2.24, 2.45) is 0 Å². The molecule has 0 spiro atoms. The molecule has 0 bridgehead atoms. The number of hydrogen-bond donors (Lipinski definition) is 0. The van der Waals surface area contributed by atoms with Crippen LogP contribution in [0.1, 0.15) is 26.7 Å². The third-order valence-corrected chi connectivity index (χ3v) is 5.19. The van der Waals surface area contributed by atoms with Crippen molar-refractivity contribution in [3.8, 4) is 11.1 Å². The normalized spacial score (nSPS) is 14.2. The van der Waals surface area contributed by atoms with Crippen molar-refractivity contribution in [3.63, 3.8) is 0 Å². The van der Waals surface area contributed by atoms with Crippen LogP contribution in [0.25, 0.3) is 11.1 Å². The van der Waals surface area contributed by atoms with E-state index in [0.29, 0.717) is 18.4 Å². The monoisotopic (exact) mass is 346 g/mol. The molecule has 0 aromatic rings. The summed E-state index contributed by atoms with van der Waals surface area (Å²) in [6, 6.07) is 12.6. The summed E-state index contributed by atoms with van der Waals surface area (Å²) in [6.45, 7) is 3.84. The second-order valence-corrected chi connectivity index (χ2v) is 6.70. The van der Waals surface area contributed by atoms with Gasteiger partial charge >= 0.3 is 29.6 Å². The fourth-order valence-electron chi connectivity index (χ4n) is 2.59. The molecule has 0 aliphatic heterocycles. The zero-order valence-electron chi connectivity index (χ0n) is 13.2. The molecule has 0 fully saturated rings. The van der Waals surface area contributed by atoms with Gasteiger partial charge in [0.05, 0.1) is 6.10 Å². The maximum atomic E-state index is 12.6. The van der Waals surface area contributed by atoms with Crippen LogP contribution in [0.3, 0.4) is 0 Å². The van der Waals surface area contributed by atoms with Crippen molar-refractivity contribution < 1.29 is 17.3 Å². The summed E-state index contributed by atoms with van der Waals surface area (Å²) in [6.07, 6.45) is 0.540. The van der Waals surface area contributed by atoms with Gasteiger partial charge in [-0.15, -0.1) is 0 Å². The van der Waals surface area contributed by atoms with Gasteiger partial charge in [0, 0.05) is 12.7 Å². The third-order valence-electron chi connectivity index (χ3n) is 3.79. The van der Waals surface area contributed by atoms with Crippen LogP contribution in [-0.4, -0.2) is 57.3 Å². The van der Waals surface area contributed by atoms with Gasteiger partial charge in [-0.05, 0) is 24.5 Å². The average Bonchev–Trinajstić information content (AvgIpc) is 2.78. The van der Waals surface area contributed by atoms with Gasteiger partial charge in [-0.2, -0.15) is 8.42 Å². The molecule has 0 saturated heterocycles. The second kappa shape index (κ2) is 9.16. The molecule has 0 N–H and O–H groups in total. The summed E-state index contributed by atoms with van der Waals surface area (Å²) in [5.41, 5.74) is 1.55. The van der Waals surface area contributed by atoms with E-state index < -0.39 is 16.2 Å². The van der Waals surface area contributed by atoms with Gasteiger partial charge in [0.1, 0.15) is 11.0 Å². The predicted molar refractivity (Wildman–Crippen MR) is 93.7 cm³/mol. The van der Waals surface area contributed by atoms with Crippen molar-refractivity contribution in [1.82, 2.24) is 0 Å². The third kappa shape index (κ3) is 4.78. The van der Waals surface area contributed by atoms with Gasteiger partial charge < -0.3 is 4.74 Å². The van der Waals surface area contributed by atoms with Gasteiger partial charge in [0.15, 0.2) is 0 Å². The zero-order chi connectivity index (χ0) is 16.2. The van der Waals surface area contributed by atoms with E-state index in [1.54, 1.807) is 25.3 Å². The molecule has 2 aliphatic carbocycles. The molecule has 0 aromatic heterocycles. The Morgan fingerprint density at radius 2 is 1.61 bits per heavy atom. The van der Waals surface area contributed by atoms with E-state index >= 15 is 0 Å². The Hall–Kier alpha value is -0.430. The zero-order valence-corrected chi connectivity index (χ0v) is 14.0. The van der Waals surface area contributed by atoms with Crippen LogP contribution in [0, 0.1) is 0 Å². The average molecular weight is 346 g/mol. The minimum absolute atomic E-state index is 0. The number of methoxy groups -OCH3 is 1. The van der Waals surface area contributed by atoms with Crippen molar-refractivity contribution in [2.45, 2.75) is 43.8 Å². The molecule has 2 aliphatic rings. The number of ether oxygens (including phenoxy) is 1. The first-order chi connectivity index (χ1) is 10.5. The first-order valence-corrected chi connectivity index (χ1v) is 8.88. The van der Waals surface area contributed by atoms with Crippen LogP contribution in [0.5, 0.6) is 0 Å². The second-order valence-electron chi connectivity index (χ2n) is 5.16. The van der Waals surface area contributed by atoms with E-state index in [4.69, 9.17) is 8.92 Å². The summed E-state index contributed by atoms with van der Waals surface area (Å²) in [4.78, 5) is 0.211. The molecule has 122 valence electrons. The van der Waals surface area contributed by atoms with Crippen molar-refractivity contribution in [1.29, 1.82) is 0 Å². The Morgan fingerprint density at radius 3 is 2.22 bits per heavy atom. The van der Waals surface area contributed by atoms with Crippen LogP contribution >= 0.6 is 0 Å². The number of rotatable bonds is 7. The molecule has 23 heavy (non-hydrogen) atoms. The molecule has 0 aromatic carbocycles. The Kier molecular flexibility index (Phi) is 8.21. The van der Waals surface area contributed by atoms with E-state index in [0.717, 1.165) is 5.56 Å². The van der Waals surface area contributed by atoms with Crippen molar-refractivity contribution in [2.75, 3.05) is 7.11 Å². The number of fused-ring (bicyclic) bond motifs is 1. The summed E-state index contributed by atoms with van der Waals surface area (Å²) >= 11 is 0. The van der Waals surface area contributed by atoms with Gasteiger partial charge in [0.2, 0.25) is 0 Å². The summed E-state index contributed by atoms with van der Waals surface area (Å²) in [7, 11) is -2.26. The molecular formula is C17H23NaO4S. The molecule has 0 radical (unpaired) electrons. The van der Waals surface area contributed by atoms with E-state index in [1.165, 1.54) is 0 Å². The first kappa shape index (κ1) is 20.6. The van der Waals surface area contributed by atoms with Crippen LogP contribution in [0.4, 0.5) is 0 Å². The van der Waals surface area contributed by atoms with Gasteiger partial charge in [-0.1, -0.05) is 50.2 Å². The molecule has 0 amide bonds. The molecule has 6 heteroatoms. The minimum atomic E-state index is -3.83. The Labute approximate surface area is 160 Å². The van der Waals surface area contributed by atoms with Crippen LogP contribution in [-0.2, 0) is 19.0 Å². The van der Waals surface area contributed by atoms with E-state index in [2.05, 4.69) is 0 Å². The van der Waals surface area contributed by atoms with Crippen LogP contribution in [0.2, 0.25) is 0 Å². The van der Waals surface area contributed by atoms with Gasteiger partial charge in [0.25, 0.3) is 10.1 Å². The molecule has 2 rings (SSSR count). The summed E-state index contributed by atoms with van der Waals surface area (Å²) < 4.78 is 36.1. The molecule has 0 heterocycles. The van der Waals surface area contributed by atoms with Crippen molar-refractivity contribution >= 4 is 39.7 Å². The Bertz CT molecular complexity index is 683. The summed E-state index contributed by atoms with van der Waals surface area (Å²) in [5, 5.41) is 0. The van der Waals surface area contributed by atoms with Gasteiger partial charge in [-0.3, -0.25) is 4.18 Å². The van der Waals surface area contributed by atoms with Gasteiger partial charge in [-0.25, -0.2) is 0 Å². The molecule has 2 atom stereocenters.